The van der Waals surface area contributed by atoms with Gasteiger partial charge >= 0.3 is 0 Å². The number of hydrogen-bond donors (Lipinski definition) is 2. The molecule has 0 bridgehead atoms. The van der Waals surface area contributed by atoms with Crippen LogP contribution in [-0.4, -0.2) is 15.0 Å². The van der Waals surface area contributed by atoms with Crippen LogP contribution in [-0.2, 0) is 23.0 Å². The lowest BCUT2D eigenvalue weighted by atomic mass is 10.0. The first-order valence-electron chi connectivity index (χ1n) is 7.16. The molecule has 0 aromatic heterocycles. The van der Waals surface area contributed by atoms with Gasteiger partial charge in [0.25, 0.3) is 10.0 Å². The Kier molecular flexibility index (Phi) is 4.70. The Labute approximate surface area is 144 Å². The summed E-state index contributed by atoms with van der Waals surface area (Å²) in [5.41, 5.74) is 3.07. The van der Waals surface area contributed by atoms with Crippen molar-refractivity contribution in [2.75, 3.05) is 11.3 Å². The Balaban J connectivity index is 1.90. The first-order chi connectivity index (χ1) is 10.6. The molecule has 0 aliphatic carbocycles. The maximum Gasteiger partial charge on any atom is 0.262 e. The fourth-order valence-corrected chi connectivity index (χ4v) is 4.98. The number of nitrogens with one attached hydrogen (secondary N) is 2. The van der Waals surface area contributed by atoms with Crippen molar-refractivity contribution in [3.63, 3.8) is 0 Å². The van der Waals surface area contributed by atoms with Crippen LogP contribution in [0, 0.1) is 3.57 Å². The molecule has 2 aromatic carbocycles. The van der Waals surface area contributed by atoms with Gasteiger partial charge in [-0.3, -0.25) is 4.72 Å². The van der Waals surface area contributed by atoms with E-state index in [-0.39, 0.29) is 0 Å². The average molecular weight is 428 g/mol. The average Bonchev–Trinajstić information content (AvgIpc) is 2.72. The van der Waals surface area contributed by atoms with Gasteiger partial charge < -0.3 is 5.32 Å². The third-order valence-corrected chi connectivity index (χ3v) is 6.45. The van der Waals surface area contributed by atoms with Crippen LogP contribution in [0.5, 0.6) is 0 Å². The van der Waals surface area contributed by atoms with Gasteiger partial charge in [-0.15, -0.1) is 0 Å². The highest BCUT2D eigenvalue weighted by molar-refractivity contribution is 14.1. The molecule has 0 atom stereocenters. The molecule has 6 heteroatoms. The molecule has 0 saturated carbocycles. The van der Waals surface area contributed by atoms with E-state index in [9.17, 15) is 8.42 Å². The third-order valence-electron chi connectivity index (χ3n) is 3.70. The van der Waals surface area contributed by atoms with Crippen LogP contribution in [0.4, 0.5) is 5.69 Å². The van der Waals surface area contributed by atoms with Crippen LogP contribution in [0.2, 0.25) is 0 Å². The second kappa shape index (κ2) is 6.55. The van der Waals surface area contributed by atoms with E-state index in [1.807, 2.05) is 46.9 Å². The molecule has 3 rings (SSSR count). The molecular formula is C16H17IN2O2S. The Morgan fingerprint density at radius 2 is 1.91 bits per heavy atom. The number of rotatable bonds is 3. The van der Waals surface area contributed by atoms with Gasteiger partial charge in [0.2, 0.25) is 0 Å². The van der Waals surface area contributed by atoms with Gasteiger partial charge in [-0.25, -0.2) is 8.42 Å². The largest absolute Gasteiger partial charge is 0.313 e. The predicted octanol–water partition coefficient (Wildman–Crippen LogP) is 3.13. The molecule has 0 spiro atoms. The summed E-state index contributed by atoms with van der Waals surface area (Å²) in [6, 6.07) is 12.8. The van der Waals surface area contributed by atoms with Gasteiger partial charge in [0.05, 0.1) is 0 Å². The molecule has 22 heavy (non-hydrogen) atoms. The molecule has 0 fully saturated rings. The number of fused-ring (bicyclic) bond motifs is 1. The topological polar surface area (TPSA) is 58.2 Å². The van der Waals surface area contributed by atoms with E-state index in [1.165, 1.54) is 11.1 Å². The fraction of sp³-hybridized carbons (Fsp3) is 0.250. The van der Waals surface area contributed by atoms with Gasteiger partial charge in [-0.05, 0) is 77.4 Å². The minimum Gasteiger partial charge on any atom is -0.313 e. The zero-order valence-corrected chi connectivity index (χ0v) is 14.9. The first-order valence-corrected chi connectivity index (χ1v) is 9.72. The lowest BCUT2D eigenvalue weighted by Crippen LogP contribution is -2.15. The van der Waals surface area contributed by atoms with Gasteiger partial charge in [0.1, 0.15) is 4.90 Å². The number of sulfonamides is 1. The predicted molar refractivity (Wildman–Crippen MR) is 96.4 cm³/mol. The minimum absolute atomic E-state index is 0.309. The third kappa shape index (κ3) is 3.44. The lowest BCUT2D eigenvalue weighted by molar-refractivity contribution is 0.600. The van der Waals surface area contributed by atoms with Crippen molar-refractivity contribution in [1.82, 2.24) is 5.32 Å². The monoisotopic (exact) mass is 428 g/mol. The van der Waals surface area contributed by atoms with Crippen molar-refractivity contribution in [2.45, 2.75) is 24.3 Å². The van der Waals surface area contributed by atoms with Crippen LogP contribution in [0.3, 0.4) is 0 Å². The number of benzene rings is 2. The second-order valence-corrected chi connectivity index (χ2v) is 8.11. The SMILES string of the molecule is O=S(=O)(Nc1ccc2c(c1)CNCCC2)c1ccccc1I. The van der Waals surface area contributed by atoms with E-state index in [0.717, 1.165) is 25.9 Å². The molecule has 0 radical (unpaired) electrons. The molecule has 2 aromatic rings. The van der Waals surface area contributed by atoms with Crippen LogP contribution in [0.1, 0.15) is 17.5 Å². The number of halogens is 1. The van der Waals surface area contributed by atoms with Gasteiger partial charge in [-0.2, -0.15) is 0 Å². The van der Waals surface area contributed by atoms with Gasteiger partial charge in [0.15, 0.2) is 0 Å². The molecule has 0 saturated heterocycles. The zero-order valence-electron chi connectivity index (χ0n) is 12.0. The second-order valence-electron chi connectivity index (χ2n) is 5.30. The number of anilines is 1. The Hall–Kier alpha value is -1.12. The smallest absolute Gasteiger partial charge is 0.262 e. The maximum absolute atomic E-state index is 12.5. The van der Waals surface area contributed by atoms with Crippen molar-refractivity contribution in [3.05, 3.63) is 57.2 Å². The minimum atomic E-state index is -3.56. The van der Waals surface area contributed by atoms with E-state index in [1.54, 1.807) is 18.2 Å². The molecule has 1 heterocycles. The molecule has 116 valence electrons. The van der Waals surface area contributed by atoms with Gasteiger partial charge in [0, 0.05) is 15.8 Å². The number of aryl methyl sites for hydroxylation is 1. The summed E-state index contributed by atoms with van der Waals surface area (Å²) in [5, 5.41) is 3.36. The van der Waals surface area contributed by atoms with E-state index < -0.39 is 10.0 Å². The van der Waals surface area contributed by atoms with E-state index in [4.69, 9.17) is 0 Å². The molecule has 2 N–H and O–H groups in total. The first kappa shape index (κ1) is 15.8. The summed E-state index contributed by atoms with van der Waals surface area (Å²) >= 11 is 2.04. The highest BCUT2D eigenvalue weighted by Crippen LogP contribution is 2.24. The normalized spacial score (nSPS) is 15.0. The number of hydrogen-bond acceptors (Lipinski definition) is 3. The van der Waals surface area contributed by atoms with Crippen LogP contribution in [0.25, 0.3) is 0 Å². The van der Waals surface area contributed by atoms with Crippen molar-refractivity contribution in [1.29, 1.82) is 0 Å². The van der Waals surface area contributed by atoms with Crippen molar-refractivity contribution >= 4 is 38.3 Å². The van der Waals surface area contributed by atoms with Gasteiger partial charge in [-0.1, -0.05) is 18.2 Å². The Morgan fingerprint density at radius 3 is 2.73 bits per heavy atom. The van der Waals surface area contributed by atoms with Crippen molar-refractivity contribution < 1.29 is 8.42 Å². The highest BCUT2D eigenvalue weighted by atomic mass is 127. The highest BCUT2D eigenvalue weighted by Gasteiger charge is 2.18. The summed E-state index contributed by atoms with van der Waals surface area (Å²) in [5.74, 6) is 0. The maximum atomic E-state index is 12.5. The molecule has 1 aliphatic heterocycles. The van der Waals surface area contributed by atoms with Crippen LogP contribution < -0.4 is 10.0 Å². The summed E-state index contributed by atoms with van der Waals surface area (Å²) in [6.07, 6.45) is 2.15. The van der Waals surface area contributed by atoms with E-state index in [2.05, 4.69) is 10.0 Å². The quantitative estimate of drug-likeness (QED) is 0.739. The summed E-state index contributed by atoms with van der Waals surface area (Å²) in [4.78, 5) is 0.309. The Bertz CT molecular complexity index is 790. The summed E-state index contributed by atoms with van der Waals surface area (Å²) in [6.45, 7) is 1.78. The van der Waals surface area contributed by atoms with Crippen molar-refractivity contribution in [2.24, 2.45) is 0 Å². The molecule has 4 nitrogen and oxygen atoms in total. The zero-order chi connectivity index (χ0) is 15.6. The summed E-state index contributed by atoms with van der Waals surface area (Å²) < 4.78 is 28.5. The summed E-state index contributed by atoms with van der Waals surface area (Å²) in [7, 11) is -3.56. The van der Waals surface area contributed by atoms with Crippen molar-refractivity contribution in [3.8, 4) is 0 Å². The van der Waals surface area contributed by atoms with Crippen LogP contribution in [0.15, 0.2) is 47.4 Å². The molecule has 1 aliphatic rings. The fourth-order valence-electron chi connectivity index (χ4n) is 2.60. The van der Waals surface area contributed by atoms with Crippen LogP contribution >= 0.6 is 22.6 Å². The molecule has 0 amide bonds. The standard InChI is InChI=1S/C16H17IN2O2S/c17-15-5-1-2-6-16(15)22(20,21)19-14-8-7-12-4-3-9-18-11-13(12)10-14/h1-2,5-8,10,18-19H,3-4,9,11H2. The van der Waals surface area contributed by atoms with E-state index >= 15 is 0 Å². The lowest BCUT2D eigenvalue weighted by Gasteiger charge is -2.12. The molecular weight excluding hydrogens is 411 g/mol. The molecule has 0 unspecified atom stereocenters. The Morgan fingerprint density at radius 1 is 1.09 bits per heavy atom. The van der Waals surface area contributed by atoms with E-state index in [0.29, 0.717) is 14.2 Å².